The Kier molecular flexibility index (Phi) is 5.75. The molecule has 1 fully saturated rings. The normalized spacial score (nSPS) is 21.4. The van der Waals surface area contributed by atoms with Crippen LogP contribution in [0.25, 0.3) is 11.4 Å². The molecule has 0 N–H and O–H groups in total. The van der Waals surface area contributed by atoms with Gasteiger partial charge in [-0.25, -0.2) is 0 Å². The molecule has 124 valence electrons. The van der Waals surface area contributed by atoms with E-state index in [1.807, 2.05) is 12.1 Å². The summed E-state index contributed by atoms with van der Waals surface area (Å²) in [5, 5.41) is 4.11. The van der Waals surface area contributed by atoms with Gasteiger partial charge in [-0.1, -0.05) is 18.5 Å². The van der Waals surface area contributed by atoms with Crippen molar-refractivity contribution in [2.45, 2.75) is 51.4 Å². The van der Waals surface area contributed by atoms with Crippen molar-refractivity contribution in [2.24, 2.45) is 5.92 Å². The lowest BCUT2D eigenvalue weighted by Crippen LogP contribution is -2.18. The Morgan fingerprint density at radius 3 is 2.70 bits per heavy atom. The van der Waals surface area contributed by atoms with Gasteiger partial charge in [0.25, 0.3) is 0 Å². The van der Waals surface area contributed by atoms with Crippen LogP contribution in [-0.4, -0.2) is 28.3 Å². The second-order valence-electron chi connectivity index (χ2n) is 6.34. The Bertz CT molecular complexity index is 577. The Balaban J connectivity index is 1.49. The summed E-state index contributed by atoms with van der Waals surface area (Å²) >= 11 is 0. The Labute approximate surface area is 137 Å². The van der Waals surface area contributed by atoms with Crippen molar-refractivity contribution in [3.05, 3.63) is 30.4 Å². The second kappa shape index (κ2) is 8.20. The SMILES string of the molecule is CCCCOCC1CCC(c2nc(-c3ccncc3)no2)CC1. The van der Waals surface area contributed by atoms with Gasteiger partial charge >= 0.3 is 0 Å². The molecule has 5 heteroatoms. The lowest BCUT2D eigenvalue weighted by atomic mass is 9.82. The highest BCUT2D eigenvalue weighted by atomic mass is 16.5. The fourth-order valence-corrected chi connectivity index (χ4v) is 3.09. The molecule has 0 aliphatic heterocycles. The number of pyridine rings is 1. The van der Waals surface area contributed by atoms with Crippen molar-refractivity contribution in [2.75, 3.05) is 13.2 Å². The quantitative estimate of drug-likeness (QED) is 0.716. The van der Waals surface area contributed by atoms with Gasteiger partial charge in [-0.3, -0.25) is 4.98 Å². The topological polar surface area (TPSA) is 61.0 Å². The summed E-state index contributed by atoms with van der Waals surface area (Å²) in [6.07, 6.45) is 10.4. The summed E-state index contributed by atoms with van der Waals surface area (Å²) < 4.78 is 11.3. The van der Waals surface area contributed by atoms with Crippen LogP contribution in [0, 0.1) is 5.92 Å². The van der Waals surface area contributed by atoms with Crippen molar-refractivity contribution < 1.29 is 9.26 Å². The minimum atomic E-state index is 0.393. The number of unbranched alkanes of at least 4 members (excludes halogenated alkanes) is 1. The molecule has 23 heavy (non-hydrogen) atoms. The predicted octanol–water partition coefficient (Wildman–Crippen LogP) is 4.22. The lowest BCUT2D eigenvalue weighted by Gasteiger charge is -2.26. The molecule has 2 aromatic heterocycles. The maximum absolute atomic E-state index is 5.76. The minimum Gasteiger partial charge on any atom is -0.381 e. The minimum absolute atomic E-state index is 0.393. The third-order valence-electron chi connectivity index (χ3n) is 4.57. The van der Waals surface area contributed by atoms with Crippen LogP contribution < -0.4 is 0 Å². The number of aromatic nitrogens is 3. The van der Waals surface area contributed by atoms with Crippen molar-refractivity contribution in [1.82, 2.24) is 15.1 Å². The van der Waals surface area contributed by atoms with E-state index in [9.17, 15) is 0 Å². The van der Waals surface area contributed by atoms with Gasteiger partial charge in [-0.2, -0.15) is 4.98 Å². The van der Waals surface area contributed by atoms with Gasteiger partial charge in [0.1, 0.15) is 0 Å². The third kappa shape index (κ3) is 4.38. The number of rotatable bonds is 7. The van der Waals surface area contributed by atoms with Crippen LogP contribution in [0.5, 0.6) is 0 Å². The molecule has 1 saturated carbocycles. The maximum Gasteiger partial charge on any atom is 0.230 e. The molecule has 0 spiro atoms. The maximum atomic E-state index is 5.76. The first kappa shape index (κ1) is 16.1. The van der Waals surface area contributed by atoms with Gasteiger partial charge < -0.3 is 9.26 Å². The number of hydrogen-bond donors (Lipinski definition) is 0. The van der Waals surface area contributed by atoms with Crippen molar-refractivity contribution in [3.8, 4) is 11.4 Å². The Morgan fingerprint density at radius 1 is 1.17 bits per heavy atom. The van der Waals surface area contributed by atoms with Crippen LogP contribution >= 0.6 is 0 Å². The van der Waals surface area contributed by atoms with Gasteiger partial charge in [-0.05, 0) is 50.2 Å². The van der Waals surface area contributed by atoms with E-state index in [-0.39, 0.29) is 0 Å². The highest BCUT2D eigenvalue weighted by Gasteiger charge is 2.26. The molecular formula is C18H25N3O2. The van der Waals surface area contributed by atoms with E-state index in [0.717, 1.165) is 43.9 Å². The summed E-state index contributed by atoms with van der Waals surface area (Å²) in [6, 6.07) is 3.80. The summed E-state index contributed by atoms with van der Waals surface area (Å²) in [5.41, 5.74) is 0.952. The zero-order valence-electron chi connectivity index (χ0n) is 13.8. The standard InChI is InChI=1S/C18H25N3O2/c1-2-3-12-22-13-14-4-6-16(7-5-14)18-20-17(21-23-18)15-8-10-19-11-9-15/h8-11,14,16H,2-7,12-13H2,1H3. The van der Waals surface area contributed by atoms with Gasteiger partial charge in [0.15, 0.2) is 0 Å². The number of ether oxygens (including phenoxy) is 1. The first-order valence-electron chi connectivity index (χ1n) is 8.68. The first-order valence-corrected chi connectivity index (χ1v) is 8.68. The molecule has 0 amide bonds. The van der Waals surface area contributed by atoms with Crippen LogP contribution in [0.15, 0.2) is 29.0 Å². The predicted molar refractivity (Wildman–Crippen MR) is 88.0 cm³/mol. The average Bonchev–Trinajstić information content (AvgIpc) is 3.10. The molecular weight excluding hydrogens is 290 g/mol. The highest BCUT2D eigenvalue weighted by molar-refractivity contribution is 5.52. The number of nitrogens with zero attached hydrogens (tertiary/aromatic N) is 3. The third-order valence-corrected chi connectivity index (χ3v) is 4.57. The van der Waals surface area contributed by atoms with Crippen LogP contribution in [0.1, 0.15) is 57.3 Å². The monoisotopic (exact) mass is 315 g/mol. The Hall–Kier alpha value is -1.75. The fourth-order valence-electron chi connectivity index (χ4n) is 3.09. The Morgan fingerprint density at radius 2 is 1.96 bits per heavy atom. The average molecular weight is 315 g/mol. The van der Waals surface area contributed by atoms with Gasteiger partial charge in [-0.15, -0.1) is 0 Å². The van der Waals surface area contributed by atoms with Gasteiger partial charge in [0.05, 0.1) is 0 Å². The van der Waals surface area contributed by atoms with Crippen LogP contribution in [0.2, 0.25) is 0 Å². The molecule has 0 radical (unpaired) electrons. The van der Waals surface area contributed by atoms with Crippen LogP contribution in [0.4, 0.5) is 0 Å². The van der Waals surface area contributed by atoms with Crippen molar-refractivity contribution >= 4 is 0 Å². The molecule has 2 aromatic rings. The molecule has 3 rings (SSSR count). The van der Waals surface area contributed by atoms with E-state index >= 15 is 0 Å². The smallest absolute Gasteiger partial charge is 0.230 e. The van der Waals surface area contributed by atoms with Crippen LogP contribution in [-0.2, 0) is 4.74 Å². The van der Waals surface area contributed by atoms with Crippen molar-refractivity contribution in [1.29, 1.82) is 0 Å². The van der Waals surface area contributed by atoms with Gasteiger partial charge in [0, 0.05) is 37.1 Å². The molecule has 2 heterocycles. The van der Waals surface area contributed by atoms with E-state index in [4.69, 9.17) is 9.26 Å². The summed E-state index contributed by atoms with van der Waals surface area (Å²) in [6.45, 7) is 3.99. The van der Waals surface area contributed by atoms with E-state index < -0.39 is 0 Å². The molecule has 1 aliphatic carbocycles. The number of hydrogen-bond acceptors (Lipinski definition) is 5. The lowest BCUT2D eigenvalue weighted by molar-refractivity contribution is 0.0790. The van der Waals surface area contributed by atoms with Crippen molar-refractivity contribution in [3.63, 3.8) is 0 Å². The zero-order valence-corrected chi connectivity index (χ0v) is 13.8. The largest absolute Gasteiger partial charge is 0.381 e. The van der Waals surface area contributed by atoms with E-state index in [1.54, 1.807) is 12.4 Å². The molecule has 0 saturated heterocycles. The van der Waals surface area contributed by atoms with E-state index in [0.29, 0.717) is 17.7 Å². The second-order valence-corrected chi connectivity index (χ2v) is 6.34. The van der Waals surface area contributed by atoms with Gasteiger partial charge in [0.2, 0.25) is 11.7 Å². The van der Waals surface area contributed by atoms with E-state index in [2.05, 4.69) is 22.0 Å². The summed E-state index contributed by atoms with van der Waals surface area (Å²) in [5.74, 6) is 2.52. The summed E-state index contributed by atoms with van der Waals surface area (Å²) in [7, 11) is 0. The molecule has 5 nitrogen and oxygen atoms in total. The molecule has 0 atom stereocenters. The molecule has 0 aromatic carbocycles. The van der Waals surface area contributed by atoms with E-state index in [1.165, 1.54) is 19.3 Å². The molecule has 0 unspecified atom stereocenters. The molecule has 0 bridgehead atoms. The fraction of sp³-hybridized carbons (Fsp3) is 0.611. The zero-order chi connectivity index (χ0) is 15.9. The first-order chi connectivity index (χ1) is 11.4. The van der Waals surface area contributed by atoms with Crippen LogP contribution in [0.3, 0.4) is 0 Å². The molecule has 1 aliphatic rings. The highest BCUT2D eigenvalue weighted by Crippen LogP contribution is 2.35. The summed E-state index contributed by atoms with van der Waals surface area (Å²) in [4.78, 5) is 8.59.